The fourth-order valence-electron chi connectivity index (χ4n) is 2.48. The van der Waals surface area contributed by atoms with E-state index in [4.69, 9.17) is 26.8 Å². The average Bonchev–Trinajstić information content (AvgIpc) is 2.69. The monoisotopic (exact) mass is 385 g/mol. The number of benzene rings is 2. The highest BCUT2D eigenvalue weighted by atomic mass is 35.5. The lowest BCUT2D eigenvalue weighted by Gasteiger charge is -2.28. The highest BCUT2D eigenvalue weighted by Crippen LogP contribution is 2.28. The molecule has 0 amide bonds. The molecule has 3 rings (SSSR count). The molecular weight excluding hydrogens is 366 g/mol. The number of para-hydroxylation sites is 2. The third kappa shape index (κ3) is 4.41. The van der Waals surface area contributed by atoms with Gasteiger partial charge in [-0.05, 0) is 36.8 Å². The third-order valence-electron chi connectivity index (χ3n) is 3.81. The number of hydrogen-bond acceptors (Lipinski definition) is 6. The minimum Gasteiger partial charge on any atom is -0.478 e. The molecule has 0 aromatic heterocycles. The second-order valence-electron chi connectivity index (χ2n) is 5.85. The van der Waals surface area contributed by atoms with Gasteiger partial charge in [0.25, 0.3) is 0 Å². The van der Waals surface area contributed by atoms with Crippen LogP contribution in [0.1, 0.15) is 13.3 Å². The zero-order valence-corrected chi connectivity index (χ0v) is 15.6. The number of nitrogens with zero attached hydrogens (tertiary/aromatic N) is 2. The average molecular weight is 386 g/mol. The van der Waals surface area contributed by atoms with E-state index in [0.29, 0.717) is 17.5 Å². The van der Waals surface area contributed by atoms with Crippen molar-refractivity contribution in [3.8, 4) is 5.75 Å². The van der Waals surface area contributed by atoms with Gasteiger partial charge in [-0.15, -0.1) is 0 Å². The summed E-state index contributed by atoms with van der Waals surface area (Å²) in [7, 11) is 0. The van der Waals surface area contributed by atoms with Gasteiger partial charge >= 0.3 is 5.97 Å². The Morgan fingerprint density at radius 3 is 2.59 bits per heavy atom. The zero-order valence-electron chi connectivity index (χ0n) is 14.8. The van der Waals surface area contributed by atoms with Crippen LogP contribution in [0.2, 0.25) is 5.02 Å². The van der Waals surface area contributed by atoms with Crippen molar-refractivity contribution in [2.24, 2.45) is 16.8 Å². The normalized spacial score (nSPS) is 16.4. The molecule has 1 aliphatic heterocycles. The first-order valence-corrected chi connectivity index (χ1v) is 8.98. The molecule has 2 aromatic rings. The molecule has 7 heteroatoms. The molecule has 0 aliphatic carbocycles. The first-order chi connectivity index (χ1) is 13.1. The third-order valence-corrected chi connectivity index (χ3v) is 4.12. The molecule has 6 nitrogen and oxygen atoms in total. The van der Waals surface area contributed by atoms with Crippen LogP contribution in [0.3, 0.4) is 0 Å². The van der Waals surface area contributed by atoms with E-state index in [-0.39, 0.29) is 11.6 Å². The van der Waals surface area contributed by atoms with Crippen molar-refractivity contribution in [1.82, 2.24) is 0 Å². The Morgan fingerprint density at radius 1 is 1.19 bits per heavy atom. The number of halogens is 1. The number of esters is 1. The molecule has 0 fully saturated rings. The molecule has 0 radical (unpaired) electrons. The lowest BCUT2D eigenvalue weighted by Crippen LogP contribution is -2.39. The van der Waals surface area contributed by atoms with Crippen molar-refractivity contribution in [3.05, 3.63) is 71.6 Å². The molecule has 27 heavy (non-hydrogen) atoms. The van der Waals surface area contributed by atoms with E-state index in [0.717, 1.165) is 12.1 Å². The number of carbonyl (C=O) groups excluding carboxylic acids is 1. The molecule has 1 unspecified atom stereocenters. The smallest absolute Gasteiger partial charge is 0.326 e. The van der Waals surface area contributed by atoms with Crippen molar-refractivity contribution in [1.29, 1.82) is 0 Å². The van der Waals surface area contributed by atoms with Crippen LogP contribution in [0.4, 0.5) is 5.69 Å². The Kier molecular flexibility index (Phi) is 5.98. The summed E-state index contributed by atoms with van der Waals surface area (Å²) in [6, 6.07) is 16.2. The SMILES string of the molecule is CCCOC1=CC(C(=O)Oc2ccccc2Cl)C(N)=NN1c1ccccc1. The van der Waals surface area contributed by atoms with Gasteiger partial charge in [0.15, 0.2) is 0 Å². The Labute approximate surface area is 162 Å². The molecule has 140 valence electrons. The summed E-state index contributed by atoms with van der Waals surface area (Å²) in [6.07, 6.45) is 2.43. The predicted molar refractivity (Wildman–Crippen MR) is 105 cm³/mol. The molecule has 1 aliphatic rings. The zero-order chi connectivity index (χ0) is 19.2. The van der Waals surface area contributed by atoms with Crippen LogP contribution in [-0.2, 0) is 9.53 Å². The summed E-state index contributed by atoms with van der Waals surface area (Å²) in [5.41, 5.74) is 6.84. The molecule has 0 spiro atoms. The van der Waals surface area contributed by atoms with Gasteiger partial charge in [-0.3, -0.25) is 4.79 Å². The first kappa shape index (κ1) is 18.8. The van der Waals surface area contributed by atoms with Crippen LogP contribution in [-0.4, -0.2) is 18.4 Å². The van der Waals surface area contributed by atoms with Crippen molar-refractivity contribution in [2.45, 2.75) is 13.3 Å². The van der Waals surface area contributed by atoms with Crippen molar-refractivity contribution in [2.75, 3.05) is 11.6 Å². The fourth-order valence-corrected chi connectivity index (χ4v) is 2.66. The van der Waals surface area contributed by atoms with E-state index in [1.165, 1.54) is 0 Å². The lowest BCUT2D eigenvalue weighted by atomic mass is 10.1. The Morgan fingerprint density at radius 2 is 1.89 bits per heavy atom. The quantitative estimate of drug-likeness (QED) is 0.602. The van der Waals surface area contributed by atoms with E-state index in [2.05, 4.69) is 5.10 Å². The first-order valence-electron chi connectivity index (χ1n) is 8.60. The van der Waals surface area contributed by atoms with E-state index in [9.17, 15) is 4.79 Å². The minimum absolute atomic E-state index is 0.111. The number of hydrazone groups is 1. The summed E-state index contributed by atoms with van der Waals surface area (Å²) in [4.78, 5) is 12.6. The fraction of sp³-hybridized carbons (Fsp3) is 0.200. The van der Waals surface area contributed by atoms with Gasteiger partial charge in [-0.2, -0.15) is 10.1 Å². The molecule has 0 bridgehead atoms. The number of carbonyl (C=O) groups is 1. The summed E-state index contributed by atoms with van der Waals surface area (Å²) < 4.78 is 11.2. The number of rotatable bonds is 6. The topological polar surface area (TPSA) is 77.1 Å². The number of anilines is 1. The largest absolute Gasteiger partial charge is 0.478 e. The maximum Gasteiger partial charge on any atom is 0.326 e. The molecule has 2 aromatic carbocycles. The lowest BCUT2D eigenvalue weighted by molar-refractivity contribution is -0.135. The number of amidine groups is 1. The summed E-state index contributed by atoms with van der Waals surface area (Å²) in [5, 5.41) is 6.27. The number of ether oxygens (including phenoxy) is 2. The highest BCUT2D eigenvalue weighted by Gasteiger charge is 2.31. The van der Waals surface area contributed by atoms with Crippen LogP contribution < -0.4 is 15.5 Å². The molecule has 0 saturated carbocycles. The summed E-state index contributed by atoms with van der Waals surface area (Å²) in [6.45, 7) is 2.48. The molecule has 1 heterocycles. The van der Waals surface area contributed by atoms with Crippen LogP contribution >= 0.6 is 11.6 Å². The van der Waals surface area contributed by atoms with E-state index in [1.807, 2.05) is 37.3 Å². The van der Waals surface area contributed by atoms with Crippen molar-refractivity contribution in [3.63, 3.8) is 0 Å². The second kappa shape index (κ2) is 8.60. The van der Waals surface area contributed by atoms with Gasteiger partial charge < -0.3 is 15.2 Å². The Bertz CT molecular complexity index is 868. The van der Waals surface area contributed by atoms with Crippen LogP contribution in [0.15, 0.2) is 71.7 Å². The van der Waals surface area contributed by atoms with Crippen LogP contribution in [0, 0.1) is 5.92 Å². The van der Waals surface area contributed by atoms with Gasteiger partial charge in [0.05, 0.1) is 17.3 Å². The van der Waals surface area contributed by atoms with Gasteiger partial charge in [-0.1, -0.05) is 48.9 Å². The standard InChI is InChI=1S/C20H20ClN3O3/c1-2-12-26-18-13-15(20(25)27-17-11-7-6-10-16(17)21)19(22)23-24(18)14-8-4-3-5-9-14/h3-11,13,15H,2,12H2,1H3,(H2,22,23). The van der Waals surface area contributed by atoms with Gasteiger partial charge in [0.2, 0.25) is 5.88 Å². The van der Waals surface area contributed by atoms with E-state index in [1.54, 1.807) is 35.4 Å². The number of nitrogens with two attached hydrogens (primary N) is 1. The van der Waals surface area contributed by atoms with Crippen molar-refractivity contribution < 1.29 is 14.3 Å². The number of hydrogen-bond donors (Lipinski definition) is 1. The second-order valence-corrected chi connectivity index (χ2v) is 6.26. The minimum atomic E-state index is -0.868. The van der Waals surface area contributed by atoms with Crippen molar-refractivity contribution >= 4 is 29.1 Å². The molecule has 0 saturated heterocycles. The van der Waals surface area contributed by atoms with Crippen LogP contribution in [0.5, 0.6) is 5.75 Å². The van der Waals surface area contributed by atoms with Gasteiger partial charge in [-0.25, -0.2) is 0 Å². The Balaban J connectivity index is 1.86. The van der Waals surface area contributed by atoms with E-state index >= 15 is 0 Å². The highest BCUT2D eigenvalue weighted by molar-refractivity contribution is 6.32. The summed E-state index contributed by atoms with van der Waals surface area (Å²) >= 11 is 6.06. The summed E-state index contributed by atoms with van der Waals surface area (Å²) in [5.74, 6) is -0.632. The molecule has 2 N–H and O–H groups in total. The maximum atomic E-state index is 12.6. The maximum absolute atomic E-state index is 12.6. The van der Waals surface area contributed by atoms with Gasteiger partial charge in [0.1, 0.15) is 17.5 Å². The predicted octanol–water partition coefficient (Wildman–Crippen LogP) is 3.92. The Hall–Kier alpha value is -2.99. The molecule has 1 atom stereocenters. The molecular formula is C20H20ClN3O3. The van der Waals surface area contributed by atoms with Crippen LogP contribution in [0.25, 0.3) is 0 Å². The van der Waals surface area contributed by atoms with Gasteiger partial charge in [0, 0.05) is 0 Å². The van der Waals surface area contributed by atoms with E-state index < -0.39 is 11.9 Å².